The Morgan fingerprint density at radius 1 is 0.806 bits per heavy atom. The fraction of sp³-hybridized carbons (Fsp3) is 0.364. The molecule has 0 atom stereocenters. The molecule has 0 saturated heterocycles. The smallest absolute Gasteiger partial charge is 0.335 e. The summed E-state index contributed by atoms with van der Waals surface area (Å²) in [5.74, 6) is -0.912. The summed E-state index contributed by atoms with van der Waals surface area (Å²) in [6.07, 6.45) is 7.32. The topological polar surface area (TPSA) is 57.5 Å². The number of aliphatic hydroxyl groups is 1. The molecule has 0 aliphatic carbocycles. The zero-order valence-electron chi connectivity index (χ0n) is 22.6. The van der Waals surface area contributed by atoms with Crippen molar-refractivity contribution < 1.29 is 15.0 Å². The maximum absolute atomic E-state index is 11.4. The molecule has 3 nitrogen and oxygen atoms in total. The average molecular weight is 485 g/mol. The highest BCUT2D eigenvalue weighted by Gasteiger charge is 2.31. The van der Waals surface area contributed by atoms with Gasteiger partial charge in [0.25, 0.3) is 0 Å². The standard InChI is InChI=1S/C33H40O3/c1-7-32(36,8-2)19-18-25-14-15-28(20-23(25)5)33(9-3,10-4)29-16-17-30(24(6)21-29)26-12-11-13-27(22-26)31(34)35/h11-22,36H,7-10H2,1-6H3,(H,34,35)/b19-18+. The molecule has 0 unspecified atom stereocenters. The van der Waals surface area contributed by atoms with Gasteiger partial charge in [0.2, 0.25) is 0 Å². The summed E-state index contributed by atoms with van der Waals surface area (Å²) in [6.45, 7) is 12.8. The Hall–Kier alpha value is -3.17. The number of hydrogen-bond donors (Lipinski definition) is 2. The second-order valence-electron chi connectivity index (χ2n) is 9.92. The van der Waals surface area contributed by atoms with Crippen LogP contribution in [0.4, 0.5) is 0 Å². The molecule has 3 heteroatoms. The van der Waals surface area contributed by atoms with E-state index in [0.717, 1.165) is 35.1 Å². The molecule has 0 aliphatic rings. The number of carboxylic acids is 1. The van der Waals surface area contributed by atoms with E-state index in [1.54, 1.807) is 18.2 Å². The molecule has 3 rings (SSSR count). The van der Waals surface area contributed by atoms with Gasteiger partial charge in [0, 0.05) is 5.41 Å². The van der Waals surface area contributed by atoms with E-state index >= 15 is 0 Å². The van der Waals surface area contributed by atoms with Crippen molar-refractivity contribution in [2.45, 2.75) is 78.2 Å². The number of rotatable bonds is 10. The van der Waals surface area contributed by atoms with Crippen molar-refractivity contribution >= 4 is 12.0 Å². The van der Waals surface area contributed by atoms with Gasteiger partial charge in [-0.25, -0.2) is 4.79 Å². The SMILES string of the molecule is CCC(O)(/C=C/c1ccc(C(CC)(CC)c2ccc(-c3cccc(C(=O)O)c3)c(C)c2)cc1C)CC. The van der Waals surface area contributed by atoms with Crippen LogP contribution in [0.1, 0.15) is 91.6 Å². The van der Waals surface area contributed by atoms with Gasteiger partial charge in [-0.3, -0.25) is 0 Å². The number of benzene rings is 3. The minimum atomic E-state index is -0.912. The predicted molar refractivity (Wildman–Crippen MR) is 151 cm³/mol. The van der Waals surface area contributed by atoms with Crippen molar-refractivity contribution in [1.82, 2.24) is 0 Å². The zero-order valence-corrected chi connectivity index (χ0v) is 22.6. The second kappa shape index (κ2) is 11.3. The van der Waals surface area contributed by atoms with E-state index in [0.29, 0.717) is 18.4 Å². The van der Waals surface area contributed by atoms with Crippen LogP contribution in [-0.4, -0.2) is 21.8 Å². The van der Waals surface area contributed by atoms with E-state index in [1.807, 2.05) is 26.0 Å². The summed E-state index contributed by atoms with van der Waals surface area (Å²) in [5.41, 5.74) is 7.43. The van der Waals surface area contributed by atoms with Gasteiger partial charge < -0.3 is 10.2 Å². The van der Waals surface area contributed by atoms with E-state index in [-0.39, 0.29) is 5.41 Å². The van der Waals surface area contributed by atoms with Crippen LogP contribution in [-0.2, 0) is 5.41 Å². The highest BCUT2D eigenvalue weighted by atomic mass is 16.4. The number of aromatic carboxylic acids is 1. The van der Waals surface area contributed by atoms with Gasteiger partial charge in [0.1, 0.15) is 0 Å². The van der Waals surface area contributed by atoms with Gasteiger partial charge >= 0.3 is 5.97 Å². The highest BCUT2D eigenvalue weighted by Crippen LogP contribution is 2.41. The minimum absolute atomic E-state index is 0.118. The quantitative estimate of drug-likeness (QED) is 0.304. The van der Waals surface area contributed by atoms with E-state index < -0.39 is 11.6 Å². The summed E-state index contributed by atoms with van der Waals surface area (Å²) in [5, 5.41) is 20.0. The summed E-state index contributed by atoms with van der Waals surface area (Å²) in [6, 6.07) is 20.4. The number of aryl methyl sites for hydroxylation is 2. The van der Waals surface area contributed by atoms with Crippen molar-refractivity contribution in [3.8, 4) is 11.1 Å². The fourth-order valence-corrected chi connectivity index (χ4v) is 5.23. The molecule has 0 radical (unpaired) electrons. The Bertz CT molecular complexity index is 1240. The first-order valence-corrected chi connectivity index (χ1v) is 13.1. The highest BCUT2D eigenvalue weighted by molar-refractivity contribution is 5.89. The van der Waals surface area contributed by atoms with Gasteiger partial charge in [0.15, 0.2) is 0 Å². The Kier molecular flexibility index (Phi) is 8.58. The van der Waals surface area contributed by atoms with Crippen LogP contribution in [0.5, 0.6) is 0 Å². The van der Waals surface area contributed by atoms with Crippen molar-refractivity contribution in [1.29, 1.82) is 0 Å². The van der Waals surface area contributed by atoms with Crippen LogP contribution in [0, 0.1) is 13.8 Å². The zero-order chi connectivity index (χ0) is 26.5. The number of hydrogen-bond acceptors (Lipinski definition) is 2. The third kappa shape index (κ3) is 5.47. The first-order chi connectivity index (χ1) is 17.1. The van der Waals surface area contributed by atoms with Crippen molar-refractivity contribution in [2.24, 2.45) is 0 Å². The molecule has 0 spiro atoms. The van der Waals surface area contributed by atoms with Crippen LogP contribution in [0.25, 0.3) is 17.2 Å². The van der Waals surface area contributed by atoms with Crippen molar-refractivity contribution in [3.05, 3.63) is 100 Å². The van der Waals surface area contributed by atoms with E-state index in [2.05, 4.69) is 70.2 Å². The van der Waals surface area contributed by atoms with E-state index in [9.17, 15) is 15.0 Å². The molecule has 3 aromatic carbocycles. The maximum Gasteiger partial charge on any atom is 0.335 e. The lowest BCUT2D eigenvalue weighted by Gasteiger charge is -2.34. The number of carboxylic acid groups (broad SMARTS) is 1. The summed E-state index contributed by atoms with van der Waals surface area (Å²) >= 11 is 0. The van der Waals surface area contributed by atoms with Crippen LogP contribution >= 0.6 is 0 Å². The predicted octanol–water partition coefficient (Wildman–Crippen LogP) is 8.34. The largest absolute Gasteiger partial charge is 0.478 e. The summed E-state index contributed by atoms with van der Waals surface area (Å²) < 4.78 is 0. The maximum atomic E-state index is 11.4. The molecule has 0 saturated carbocycles. The molecule has 2 N–H and O–H groups in total. The molecule has 0 aliphatic heterocycles. The molecular weight excluding hydrogens is 444 g/mol. The third-order valence-electron chi connectivity index (χ3n) is 8.03. The van der Waals surface area contributed by atoms with Crippen molar-refractivity contribution in [3.63, 3.8) is 0 Å². The number of carbonyl (C=O) groups is 1. The van der Waals surface area contributed by atoms with Gasteiger partial charge in [-0.15, -0.1) is 0 Å². The van der Waals surface area contributed by atoms with Crippen LogP contribution in [0.2, 0.25) is 0 Å². The molecule has 0 amide bonds. The normalized spacial score (nSPS) is 12.3. The fourth-order valence-electron chi connectivity index (χ4n) is 5.23. The van der Waals surface area contributed by atoms with Gasteiger partial charge in [0.05, 0.1) is 11.2 Å². The molecule has 3 aromatic rings. The molecule has 0 aromatic heterocycles. The molecule has 0 fully saturated rings. The lowest BCUT2D eigenvalue weighted by atomic mass is 9.69. The Labute approximate surface area is 216 Å². The first-order valence-electron chi connectivity index (χ1n) is 13.1. The monoisotopic (exact) mass is 484 g/mol. The Morgan fingerprint density at radius 2 is 1.42 bits per heavy atom. The van der Waals surface area contributed by atoms with Crippen molar-refractivity contribution in [2.75, 3.05) is 0 Å². The molecular formula is C33H40O3. The molecule has 0 heterocycles. The van der Waals surface area contributed by atoms with Gasteiger partial charge in [-0.05, 0) is 90.6 Å². The second-order valence-corrected chi connectivity index (χ2v) is 9.92. The van der Waals surface area contributed by atoms with Gasteiger partial charge in [-0.2, -0.15) is 0 Å². The summed E-state index contributed by atoms with van der Waals surface area (Å²) in [4.78, 5) is 11.4. The molecule has 190 valence electrons. The van der Waals surface area contributed by atoms with Crippen LogP contribution < -0.4 is 0 Å². The van der Waals surface area contributed by atoms with Crippen LogP contribution in [0.3, 0.4) is 0 Å². The van der Waals surface area contributed by atoms with Crippen LogP contribution in [0.15, 0.2) is 66.7 Å². The molecule has 36 heavy (non-hydrogen) atoms. The van der Waals surface area contributed by atoms with Gasteiger partial charge in [-0.1, -0.05) is 88.4 Å². The first kappa shape index (κ1) is 27.4. The third-order valence-corrected chi connectivity index (χ3v) is 8.03. The van der Waals surface area contributed by atoms with E-state index in [1.165, 1.54) is 16.7 Å². The molecule has 0 bridgehead atoms. The lowest BCUT2D eigenvalue weighted by molar-refractivity contribution is 0.0696. The summed E-state index contributed by atoms with van der Waals surface area (Å²) in [7, 11) is 0. The minimum Gasteiger partial charge on any atom is -0.478 e. The van der Waals surface area contributed by atoms with E-state index in [4.69, 9.17) is 0 Å². The lowest BCUT2D eigenvalue weighted by Crippen LogP contribution is -2.26. The Morgan fingerprint density at radius 3 is 1.94 bits per heavy atom. The average Bonchev–Trinajstić information content (AvgIpc) is 2.89. The Balaban J connectivity index is 2.02.